The molecule has 0 radical (unpaired) electrons. The van der Waals surface area contributed by atoms with E-state index < -0.39 is 10.0 Å². The van der Waals surface area contributed by atoms with E-state index in [1.807, 2.05) is 0 Å². The largest absolute Gasteiger partial charge is 0.322 e. The molecule has 7 heteroatoms. The molecule has 0 aliphatic heterocycles. The Kier molecular flexibility index (Phi) is 5.87. The zero-order chi connectivity index (χ0) is 18.6. The molecule has 0 saturated heterocycles. The summed E-state index contributed by atoms with van der Waals surface area (Å²) in [5, 5.41) is 2.96. The minimum atomic E-state index is -3.85. The van der Waals surface area contributed by atoms with Gasteiger partial charge in [0.25, 0.3) is 10.0 Å². The van der Waals surface area contributed by atoms with Crippen LogP contribution in [0.3, 0.4) is 0 Å². The van der Waals surface area contributed by atoms with Crippen LogP contribution in [0, 0.1) is 6.92 Å². The van der Waals surface area contributed by atoms with Gasteiger partial charge in [-0.15, -0.1) is 0 Å². The number of allylic oxidation sites excluding steroid dienone is 1. The number of benzene rings is 2. The molecule has 2 N–H and O–H groups in total. The quantitative estimate of drug-likeness (QED) is 0.759. The first-order chi connectivity index (χ1) is 11.7. The summed E-state index contributed by atoms with van der Waals surface area (Å²) >= 11 is 6.02. The summed E-state index contributed by atoms with van der Waals surface area (Å²) in [6, 6.07) is 11.3. The van der Waals surface area contributed by atoms with Gasteiger partial charge in [0.1, 0.15) is 0 Å². The second-order valence-corrected chi connectivity index (χ2v) is 7.83. The van der Waals surface area contributed by atoms with Crippen molar-refractivity contribution in [2.75, 3.05) is 10.0 Å². The lowest BCUT2D eigenvalue weighted by Gasteiger charge is -2.13. The predicted molar refractivity (Wildman–Crippen MR) is 102 cm³/mol. The number of anilines is 2. The average molecular weight is 379 g/mol. The molecule has 0 saturated carbocycles. The van der Waals surface area contributed by atoms with E-state index in [0.29, 0.717) is 22.0 Å². The van der Waals surface area contributed by atoms with Crippen molar-refractivity contribution in [2.24, 2.45) is 0 Å². The number of sulfonamides is 1. The van der Waals surface area contributed by atoms with E-state index in [1.54, 1.807) is 57.2 Å². The van der Waals surface area contributed by atoms with Gasteiger partial charge in [0.2, 0.25) is 5.91 Å². The Morgan fingerprint density at radius 1 is 1.12 bits per heavy atom. The van der Waals surface area contributed by atoms with Crippen LogP contribution in [-0.4, -0.2) is 14.3 Å². The van der Waals surface area contributed by atoms with Gasteiger partial charge in [-0.05, 0) is 50.6 Å². The maximum atomic E-state index is 12.7. The highest BCUT2D eigenvalue weighted by atomic mass is 35.5. The topological polar surface area (TPSA) is 75.3 Å². The zero-order valence-corrected chi connectivity index (χ0v) is 15.7. The summed E-state index contributed by atoms with van der Waals surface area (Å²) in [4.78, 5) is 11.9. The molecule has 25 heavy (non-hydrogen) atoms. The molecule has 0 atom stereocenters. The van der Waals surface area contributed by atoms with Gasteiger partial charge in [0, 0.05) is 11.8 Å². The van der Waals surface area contributed by atoms with E-state index in [-0.39, 0.29) is 10.8 Å². The van der Waals surface area contributed by atoms with E-state index in [9.17, 15) is 13.2 Å². The normalized spacial score (nSPS) is 10.9. The monoisotopic (exact) mass is 378 g/mol. The minimum Gasteiger partial charge on any atom is -0.322 e. The maximum Gasteiger partial charge on any atom is 0.262 e. The number of hydrogen-bond acceptors (Lipinski definition) is 3. The van der Waals surface area contributed by atoms with Crippen LogP contribution >= 0.6 is 11.6 Å². The molecule has 0 bridgehead atoms. The summed E-state index contributed by atoms with van der Waals surface area (Å²) in [6.45, 7) is 5.29. The molecule has 0 unspecified atom stereocenters. The van der Waals surface area contributed by atoms with Gasteiger partial charge in [0.05, 0.1) is 15.6 Å². The molecule has 2 aromatic rings. The number of nitrogens with one attached hydrogen (secondary N) is 2. The highest BCUT2D eigenvalue weighted by Crippen LogP contribution is 2.26. The molecule has 0 aromatic heterocycles. The predicted octanol–water partition coefficient (Wildman–Crippen LogP) is 4.35. The van der Waals surface area contributed by atoms with Crippen molar-refractivity contribution < 1.29 is 13.2 Å². The number of carbonyl (C=O) groups is 1. The Hall–Kier alpha value is -2.31. The van der Waals surface area contributed by atoms with Gasteiger partial charge in [-0.1, -0.05) is 35.4 Å². The van der Waals surface area contributed by atoms with Crippen molar-refractivity contribution in [1.29, 1.82) is 0 Å². The standard InChI is InChI=1S/C18H19ClN2O3S/c1-12(2)10-18(22)20-14-9-8-13(3)17(11-14)25(23,24)21-16-7-5-4-6-15(16)19/h4-11,21H,1-3H3,(H,20,22). The van der Waals surface area contributed by atoms with Crippen molar-refractivity contribution in [3.8, 4) is 0 Å². The molecular formula is C18H19ClN2O3S. The third-order valence-corrected chi connectivity index (χ3v) is 5.12. The van der Waals surface area contributed by atoms with E-state index >= 15 is 0 Å². The van der Waals surface area contributed by atoms with Crippen LogP contribution in [0.1, 0.15) is 19.4 Å². The van der Waals surface area contributed by atoms with Gasteiger partial charge in [-0.2, -0.15) is 0 Å². The van der Waals surface area contributed by atoms with Gasteiger partial charge < -0.3 is 5.32 Å². The summed E-state index contributed by atoms with van der Waals surface area (Å²) in [7, 11) is -3.85. The molecule has 0 spiro atoms. The summed E-state index contributed by atoms with van der Waals surface area (Å²) in [6.07, 6.45) is 1.44. The number of carbonyl (C=O) groups excluding carboxylic acids is 1. The second-order valence-electron chi connectivity index (χ2n) is 5.78. The Morgan fingerprint density at radius 3 is 2.44 bits per heavy atom. The van der Waals surface area contributed by atoms with Crippen molar-refractivity contribution in [3.63, 3.8) is 0 Å². The lowest BCUT2D eigenvalue weighted by molar-refractivity contribution is -0.111. The summed E-state index contributed by atoms with van der Waals surface area (Å²) in [5.41, 5.74) is 2.09. The fourth-order valence-electron chi connectivity index (χ4n) is 2.15. The van der Waals surface area contributed by atoms with Gasteiger partial charge in [-0.3, -0.25) is 9.52 Å². The molecular weight excluding hydrogens is 360 g/mol. The van der Waals surface area contributed by atoms with Gasteiger partial charge >= 0.3 is 0 Å². The Morgan fingerprint density at radius 2 is 1.80 bits per heavy atom. The van der Waals surface area contributed by atoms with Crippen LogP contribution in [0.15, 0.2) is 59.0 Å². The number of para-hydroxylation sites is 1. The summed E-state index contributed by atoms with van der Waals surface area (Å²) in [5.74, 6) is -0.314. The molecule has 1 amide bonds. The first kappa shape index (κ1) is 19.0. The maximum absolute atomic E-state index is 12.7. The highest BCUT2D eigenvalue weighted by molar-refractivity contribution is 7.92. The minimum absolute atomic E-state index is 0.0717. The van der Waals surface area contributed by atoms with Crippen LogP contribution in [-0.2, 0) is 14.8 Å². The third kappa shape index (κ3) is 5.08. The highest BCUT2D eigenvalue weighted by Gasteiger charge is 2.19. The van der Waals surface area contributed by atoms with E-state index in [2.05, 4.69) is 10.0 Å². The smallest absolute Gasteiger partial charge is 0.262 e. The molecule has 2 aromatic carbocycles. The number of halogens is 1. The number of amides is 1. The van der Waals surface area contributed by atoms with Crippen molar-refractivity contribution in [1.82, 2.24) is 0 Å². The van der Waals surface area contributed by atoms with Crippen molar-refractivity contribution in [3.05, 3.63) is 64.7 Å². The second kappa shape index (κ2) is 7.72. The number of aryl methyl sites for hydroxylation is 1. The Bertz CT molecular complexity index is 933. The first-order valence-corrected chi connectivity index (χ1v) is 9.39. The lowest BCUT2D eigenvalue weighted by atomic mass is 10.2. The van der Waals surface area contributed by atoms with Crippen LogP contribution < -0.4 is 10.0 Å². The Balaban J connectivity index is 2.34. The van der Waals surface area contributed by atoms with Gasteiger partial charge in [-0.25, -0.2) is 8.42 Å². The van der Waals surface area contributed by atoms with Gasteiger partial charge in [0.15, 0.2) is 0 Å². The molecule has 0 fully saturated rings. The molecule has 2 rings (SSSR count). The van der Waals surface area contributed by atoms with Crippen LogP contribution in [0.4, 0.5) is 11.4 Å². The van der Waals surface area contributed by atoms with Crippen molar-refractivity contribution >= 4 is 38.9 Å². The van der Waals surface area contributed by atoms with E-state index in [1.165, 1.54) is 12.1 Å². The Labute approximate surface area is 152 Å². The fourth-order valence-corrected chi connectivity index (χ4v) is 3.74. The summed E-state index contributed by atoms with van der Waals surface area (Å²) < 4.78 is 27.9. The zero-order valence-electron chi connectivity index (χ0n) is 14.1. The molecule has 132 valence electrons. The molecule has 5 nitrogen and oxygen atoms in total. The third-order valence-electron chi connectivity index (χ3n) is 3.28. The lowest BCUT2D eigenvalue weighted by Crippen LogP contribution is -2.16. The van der Waals surface area contributed by atoms with Crippen LogP contribution in [0.2, 0.25) is 5.02 Å². The van der Waals surface area contributed by atoms with Crippen LogP contribution in [0.25, 0.3) is 0 Å². The molecule has 0 heterocycles. The fraction of sp³-hybridized carbons (Fsp3) is 0.167. The first-order valence-electron chi connectivity index (χ1n) is 7.53. The van der Waals surface area contributed by atoms with E-state index in [4.69, 9.17) is 11.6 Å². The molecule has 0 aliphatic carbocycles. The number of hydrogen-bond donors (Lipinski definition) is 2. The number of rotatable bonds is 5. The average Bonchev–Trinajstić information content (AvgIpc) is 2.50. The van der Waals surface area contributed by atoms with Crippen LogP contribution in [0.5, 0.6) is 0 Å². The van der Waals surface area contributed by atoms with E-state index in [0.717, 1.165) is 5.57 Å². The SMILES string of the molecule is CC(C)=CC(=O)Nc1ccc(C)c(S(=O)(=O)Nc2ccccc2Cl)c1. The molecule has 0 aliphatic rings. The van der Waals surface area contributed by atoms with Crippen molar-refractivity contribution in [2.45, 2.75) is 25.7 Å².